The van der Waals surface area contributed by atoms with Gasteiger partial charge in [-0.3, -0.25) is 0 Å². The normalized spacial score (nSPS) is 8.00. The van der Waals surface area contributed by atoms with Crippen LogP contribution in [0, 0.1) is 6.57 Å². The standard InChI is InChI=1S/C4H5N/c1-3-4-5-2/h3-4H,1H3/b4-3-. The summed E-state index contributed by atoms with van der Waals surface area (Å²) >= 11 is 0. The van der Waals surface area contributed by atoms with Crippen molar-refractivity contribution in [3.05, 3.63) is 23.7 Å². The molecular weight excluding hydrogens is 62.1 g/mol. The minimum Gasteiger partial charge on any atom is -0.246 e. The van der Waals surface area contributed by atoms with E-state index < -0.39 is 0 Å². The molecule has 0 aromatic rings. The van der Waals surface area contributed by atoms with Crippen molar-refractivity contribution >= 4 is 0 Å². The minimum atomic E-state index is 1.42. The Morgan fingerprint density at radius 3 is 2.40 bits per heavy atom. The fourth-order valence-corrected chi connectivity index (χ4v) is 0.0745. The van der Waals surface area contributed by atoms with Gasteiger partial charge in [-0.05, 0) is 0 Å². The molecule has 0 rings (SSSR count). The van der Waals surface area contributed by atoms with Crippen LogP contribution in [-0.2, 0) is 0 Å². The molecule has 0 heterocycles. The van der Waals surface area contributed by atoms with Gasteiger partial charge in [-0.25, -0.2) is 4.85 Å². The fourth-order valence-electron chi connectivity index (χ4n) is 0.0745. The summed E-state index contributed by atoms with van der Waals surface area (Å²) in [4.78, 5) is 2.92. The van der Waals surface area contributed by atoms with Crippen LogP contribution >= 0.6 is 0 Å². The molecule has 0 fully saturated rings. The predicted molar refractivity (Wildman–Crippen MR) is 21.4 cm³/mol. The number of rotatable bonds is 0. The zero-order valence-corrected chi connectivity index (χ0v) is 3.10. The maximum absolute atomic E-state index is 6.14. The molecule has 0 amide bonds. The summed E-state index contributed by atoms with van der Waals surface area (Å²) in [6.07, 6.45) is 3.12. The Hall–Kier alpha value is -0.770. The molecule has 0 radical (unpaired) electrons. The monoisotopic (exact) mass is 67.0 g/mol. The highest BCUT2D eigenvalue weighted by Crippen LogP contribution is 1.64. The Balaban J connectivity index is 3.04. The van der Waals surface area contributed by atoms with E-state index in [2.05, 4.69) is 4.85 Å². The molecule has 1 nitrogen and oxygen atoms in total. The Morgan fingerprint density at radius 2 is 2.40 bits per heavy atom. The Morgan fingerprint density at radius 1 is 1.80 bits per heavy atom. The van der Waals surface area contributed by atoms with Gasteiger partial charge in [0.2, 0.25) is 0 Å². The maximum Gasteiger partial charge on any atom is 0.150 e. The second kappa shape index (κ2) is 3.23. The molecule has 0 aromatic carbocycles. The molecule has 0 aromatic heterocycles. The second-order valence-corrected chi connectivity index (χ2v) is 0.612. The van der Waals surface area contributed by atoms with Crippen molar-refractivity contribution in [3.63, 3.8) is 0 Å². The van der Waals surface area contributed by atoms with E-state index in [0.29, 0.717) is 0 Å². The Kier molecular flexibility index (Phi) is 2.73. The van der Waals surface area contributed by atoms with Gasteiger partial charge < -0.3 is 0 Å². The van der Waals surface area contributed by atoms with Crippen molar-refractivity contribution in [2.75, 3.05) is 0 Å². The lowest BCUT2D eigenvalue weighted by Gasteiger charge is -1.50. The predicted octanol–water partition coefficient (Wildman–Crippen LogP) is 1.44. The molecule has 0 saturated heterocycles. The van der Waals surface area contributed by atoms with Gasteiger partial charge in [0, 0.05) is 0 Å². The van der Waals surface area contributed by atoms with Crippen LogP contribution in [0.1, 0.15) is 6.92 Å². The van der Waals surface area contributed by atoms with Crippen molar-refractivity contribution in [1.29, 1.82) is 0 Å². The van der Waals surface area contributed by atoms with E-state index in [9.17, 15) is 0 Å². The number of nitrogens with zero attached hydrogens (tertiary/aromatic N) is 1. The van der Waals surface area contributed by atoms with Gasteiger partial charge in [-0.15, -0.1) is 0 Å². The van der Waals surface area contributed by atoms with Gasteiger partial charge in [0.15, 0.2) is 0 Å². The van der Waals surface area contributed by atoms with Crippen LogP contribution in [0.15, 0.2) is 12.3 Å². The van der Waals surface area contributed by atoms with E-state index in [1.807, 2.05) is 6.92 Å². The molecule has 5 heavy (non-hydrogen) atoms. The molecule has 0 bridgehead atoms. The largest absolute Gasteiger partial charge is 0.246 e. The van der Waals surface area contributed by atoms with E-state index in [1.54, 1.807) is 6.08 Å². The first-order valence-electron chi connectivity index (χ1n) is 1.39. The molecule has 26 valence electrons. The quantitative estimate of drug-likeness (QED) is 0.377. The van der Waals surface area contributed by atoms with Crippen LogP contribution < -0.4 is 0 Å². The SMILES string of the molecule is [C-]#[N+]/C=C\C. The van der Waals surface area contributed by atoms with Gasteiger partial charge in [-0.1, -0.05) is 13.0 Å². The zero-order valence-electron chi connectivity index (χ0n) is 3.10. The van der Waals surface area contributed by atoms with E-state index in [1.165, 1.54) is 6.20 Å². The minimum absolute atomic E-state index is 1.42. The van der Waals surface area contributed by atoms with Crippen molar-refractivity contribution < 1.29 is 0 Å². The topological polar surface area (TPSA) is 4.36 Å². The van der Waals surface area contributed by atoms with Gasteiger partial charge in [0.1, 0.15) is 6.20 Å². The number of hydrogen-bond donors (Lipinski definition) is 0. The average Bonchev–Trinajstić information content (AvgIpc) is 1.41. The molecule has 0 N–H and O–H groups in total. The number of allylic oxidation sites excluding steroid dienone is 1. The zero-order chi connectivity index (χ0) is 4.12. The maximum atomic E-state index is 6.14. The molecule has 1 heteroatoms. The highest BCUT2D eigenvalue weighted by Gasteiger charge is 1.44. The molecule has 0 unspecified atom stereocenters. The third-order valence-corrected chi connectivity index (χ3v) is 0.224. The van der Waals surface area contributed by atoms with Crippen LogP contribution in [0.5, 0.6) is 0 Å². The van der Waals surface area contributed by atoms with Crippen LogP contribution in [-0.4, -0.2) is 0 Å². The van der Waals surface area contributed by atoms with E-state index in [4.69, 9.17) is 6.57 Å². The summed E-state index contributed by atoms with van der Waals surface area (Å²) in [5.74, 6) is 0. The molecule has 0 aliphatic heterocycles. The first-order valence-corrected chi connectivity index (χ1v) is 1.39. The van der Waals surface area contributed by atoms with Crippen molar-refractivity contribution in [2.45, 2.75) is 6.92 Å². The van der Waals surface area contributed by atoms with Crippen LogP contribution in [0.25, 0.3) is 4.85 Å². The fraction of sp³-hybridized carbons (Fsp3) is 0.250. The van der Waals surface area contributed by atoms with Crippen LogP contribution in [0.3, 0.4) is 0 Å². The Labute approximate surface area is 31.7 Å². The molecule has 0 saturated carbocycles. The number of hydrogen-bond acceptors (Lipinski definition) is 0. The summed E-state index contributed by atoms with van der Waals surface area (Å²) in [5.41, 5.74) is 0. The van der Waals surface area contributed by atoms with E-state index in [0.717, 1.165) is 0 Å². The lowest BCUT2D eigenvalue weighted by molar-refractivity contribution is 1.74. The second-order valence-electron chi connectivity index (χ2n) is 0.612. The van der Waals surface area contributed by atoms with Gasteiger partial charge >= 0.3 is 0 Å². The third-order valence-electron chi connectivity index (χ3n) is 0.224. The first kappa shape index (κ1) is 4.23. The van der Waals surface area contributed by atoms with E-state index in [-0.39, 0.29) is 0 Å². The highest BCUT2D eigenvalue weighted by molar-refractivity contribution is 4.85. The van der Waals surface area contributed by atoms with Crippen molar-refractivity contribution in [2.24, 2.45) is 0 Å². The molecule has 0 aliphatic rings. The first-order chi connectivity index (χ1) is 2.41. The lowest BCUT2D eigenvalue weighted by atomic mass is 10.7. The summed E-state index contributed by atoms with van der Waals surface area (Å²) in [6, 6.07) is 0. The van der Waals surface area contributed by atoms with Crippen molar-refractivity contribution in [3.8, 4) is 0 Å². The Bertz CT molecular complexity index is 66.2. The molecule has 0 aliphatic carbocycles. The molecular formula is C4H5N. The molecule has 0 spiro atoms. The van der Waals surface area contributed by atoms with Crippen molar-refractivity contribution in [1.82, 2.24) is 0 Å². The smallest absolute Gasteiger partial charge is 0.150 e. The van der Waals surface area contributed by atoms with Gasteiger partial charge in [0.25, 0.3) is 0 Å². The molecule has 0 atom stereocenters. The summed E-state index contributed by atoms with van der Waals surface area (Å²) in [7, 11) is 0. The lowest BCUT2D eigenvalue weighted by Crippen LogP contribution is -1.28. The third kappa shape index (κ3) is 3.23. The summed E-state index contributed by atoms with van der Waals surface area (Å²) in [5, 5.41) is 0. The summed E-state index contributed by atoms with van der Waals surface area (Å²) in [6.45, 7) is 7.96. The average molecular weight is 67.1 g/mol. The van der Waals surface area contributed by atoms with Crippen LogP contribution in [0.4, 0.5) is 0 Å². The van der Waals surface area contributed by atoms with Gasteiger partial charge in [-0.2, -0.15) is 0 Å². The van der Waals surface area contributed by atoms with Gasteiger partial charge in [0.05, 0.1) is 6.57 Å². The summed E-state index contributed by atoms with van der Waals surface area (Å²) < 4.78 is 0. The van der Waals surface area contributed by atoms with Crippen LogP contribution in [0.2, 0.25) is 0 Å². The highest BCUT2D eigenvalue weighted by atomic mass is 14.6. The van der Waals surface area contributed by atoms with E-state index >= 15 is 0 Å².